The number of aldehydes is 1. The molecule has 0 aromatic heterocycles. The number of aryl methyl sites for hydroxylation is 1. The van der Waals surface area contributed by atoms with Crippen molar-refractivity contribution < 1.29 is 9.53 Å². The average molecular weight is 193 g/mol. The van der Waals surface area contributed by atoms with Crippen molar-refractivity contribution in [3.63, 3.8) is 0 Å². The van der Waals surface area contributed by atoms with Crippen molar-refractivity contribution >= 4 is 12.0 Å². The zero-order valence-electron chi connectivity index (χ0n) is 8.54. The summed E-state index contributed by atoms with van der Waals surface area (Å²) in [6.07, 6.45) is 2.09. The van der Waals surface area contributed by atoms with Crippen molar-refractivity contribution in [2.45, 2.75) is 19.8 Å². The van der Waals surface area contributed by atoms with Gasteiger partial charge in [0, 0.05) is 18.2 Å². The predicted octanol–water partition coefficient (Wildman–Crippen LogP) is 1.58. The molecule has 14 heavy (non-hydrogen) atoms. The first-order chi connectivity index (χ1) is 6.72. The molecule has 0 amide bonds. The van der Waals surface area contributed by atoms with Crippen LogP contribution in [0.5, 0.6) is 5.75 Å². The van der Waals surface area contributed by atoms with Crippen LogP contribution in [0.3, 0.4) is 0 Å². The van der Waals surface area contributed by atoms with Crippen molar-refractivity contribution in [3.05, 3.63) is 23.3 Å². The van der Waals surface area contributed by atoms with Gasteiger partial charge in [-0.25, -0.2) is 0 Å². The fourth-order valence-electron chi connectivity index (χ4n) is 1.42. The second-order valence-corrected chi connectivity index (χ2v) is 3.09. The number of ether oxygens (including phenoxy) is 1. The van der Waals surface area contributed by atoms with E-state index in [9.17, 15) is 4.79 Å². The Morgan fingerprint density at radius 1 is 1.43 bits per heavy atom. The maximum Gasteiger partial charge on any atom is 0.124 e. The zero-order chi connectivity index (χ0) is 10.6. The molecule has 0 aliphatic heterocycles. The van der Waals surface area contributed by atoms with E-state index < -0.39 is 0 Å². The highest BCUT2D eigenvalue weighted by molar-refractivity contribution is 5.64. The van der Waals surface area contributed by atoms with Gasteiger partial charge in [-0.1, -0.05) is 6.92 Å². The van der Waals surface area contributed by atoms with Gasteiger partial charge in [0.15, 0.2) is 0 Å². The van der Waals surface area contributed by atoms with Gasteiger partial charge < -0.3 is 15.3 Å². The largest absolute Gasteiger partial charge is 0.496 e. The molecule has 0 bridgehead atoms. The summed E-state index contributed by atoms with van der Waals surface area (Å²) >= 11 is 0. The molecule has 0 spiro atoms. The highest BCUT2D eigenvalue weighted by Gasteiger charge is 2.06. The number of methoxy groups -OCH3 is 1. The van der Waals surface area contributed by atoms with Crippen LogP contribution in [0.25, 0.3) is 0 Å². The summed E-state index contributed by atoms with van der Waals surface area (Å²) < 4.78 is 5.18. The van der Waals surface area contributed by atoms with Crippen LogP contribution in [-0.2, 0) is 17.6 Å². The van der Waals surface area contributed by atoms with E-state index in [4.69, 9.17) is 10.5 Å². The Bertz CT molecular complexity index is 334. The van der Waals surface area contributed by atoms with Gasteiger partial charge in [-0.3, -0.25) is 0 Å². The van der Waals surface area contributed by atoms with E-state index in [1.165, 1.54) is 0 Å². The monoisotopic (exact) mass is 193 g/mol. The van der Waals surface area contributed by atoms with E-state index in [0.29, 0.717) is 12.1 Å². The zero-order valence-corrected chi connectivity index (χ0v) is 8.54. The summed E-state index contributed by atoms with van der Waals surface area (Å²) in [5, 5.41) is 0. The molecule has 0 saturated carbocycles. The minimum absolute atomic E-state index is 0.364. The molecule has 0 aliphatic rings. The molecule has 2 N–H and O–H groups in total. The topological polar surface area (TPSA) is 52.3 Å². The van der Waals surface area contributed by atoms with E-state index in [0.717, 1.165) is 29.6 Å². The van der Waals surface area contributed by atoms with E-state index in [2.05, 4.69) is 0 Å². The molecule has 1 rings (SSSR count). The van der Waals surface area contributed by atoms with Gasteiger partial charge in [0.1, 0.15) is 12.0 Å². The van der Waals surface area contributed by atoms with Crippen molar-refractivity contribution in [1.82, 2.24) is 0 Å². The lowest BCUT2D eigenvalue weighted by Gasteiger charge is -2.10. The smallest absolute Gasteiger partial charge is 0.124 e. The molecule has 0 unspecified atom stereocenters. The molecule has 0 fully saturated rings. The van der Waals surface area contributed by atoms with Gasteiger partial charge in [0.05, 0.1) is 7.11 Å². The normalized spacial score (nSPS) is 9.86. The average Bonchev–Trinajstić information content (AvgIpc) is 2.20. The van der Waals surface area contributed by atoms with Crippen LogP contribution in [0.2, 0.25) is 0 Å². The highest BCUT2D eigenvalue weighted by Crippen LogP contribution is 2.25. The Morgan fingerprint density at radius 3 is 2.64 bits per heavy atom. The summed E-state index contributed by atoms with van der Waals surface area (Å²) in [5.74, 6) is 0.791. The Hall–Kier alpha value is -1.51. The number of nitrogen functional groups attached to an aromatic ring is 1. The quantitative estimate of drug-likeness (QED) is 0.583. The molecule has 0 heterocycles. The van der Waals surface area contributed by atoms with Crippen LogP contribution in [0.4, 0.5) is 5.69 Å². The Labute approximate surface area is 83.9 Å². The van der Waals surface area contributed by atoms with Crippen LogP contribution in [0, 0.1) is 0 Å². The number of nitrogens with two attached hydrogens (primary N) is 1. The lowest BCUT2D eigenvalue weighted by Crippen LogP contribution is -1.99. The molecular weight excluding hydrogens is 178 g/mol. The van der Waals surface area contributed by atoms with Gasteiger partial charge in [0.2, 0.25) is 0 Å². The van der Waals surface area contributed by atoms with Crippen LogP contribution in [0.15, 0.2) is 12.1 Å². The fraction of sp³-hybridized carbons (Fsp3) is 0.364. The summed E-state index contributed by atoms with van der Waals surface area (Å²) in [7, 11) is 1.62. The van der Waals surface area contributed by atoms with E-state index in [1.54, 1.807) is 13.2 Å². The van der Waals surface area contributed by atoms with Gasteiger partial charge in [-0.05, 0) is 23.6 Å². The first kappa shape index (κ1) is 10.6. The maximum atomic E-state index is 10.4. The van der Waals surface area contributed by atoms with Crippen LogP contribution >= 0.6 is 0 Å². The maximum absolute atomic E-state index is 10.4. The molecule has 0 aliphatic carbocycles. The molecular formula is C11H15NO2. The first-order valence-corrected chi connectivity index (χ1v) is 4.61. The summed E-state index contributed by atoms with van der Waals surface area (Å²) in [5.41, 5.74) is 8.34. The first-order valence-electron chi connectivity index (χ1n) is 4.61. The van der Waals surface area contributed by atoms with Crippen LogP contribution < -0.4 is 10.5 Å². The lowest BCUT2D eigenvalue weighted by molar-refractivity contribution is -0.107. The number of carbonyl (C=O) groups excluding carboxylic acids is 1. The molecule has 3 nitrogen and oxygen atoms in total. The molecule has 1 aromatic rings. The Balaban J connectivity index is 3.15. The van der Waals surface area contributed by atoms with E-state index >= 15 is 0 Å². The Morgan fingerprint density at radius 2 is 2.14 bits per heavy atom. The molecule has 1 aromatic carbocycles. The molecule has 76 valence electrons. The highest BCUT2D eigenvalue weighted by atomic mass is 16.5. The standard InChI is InChI=1S/C11H15NO2/c1-3-8-6-9(4-5-13)10(12)7-11(8)14-2/h5-7H,3-4,12H2,1-2H3. The van der Waals surface area contributed by atoms with Crippen molar-refractivity contribution in [2.75, 3.05) is 12.8 Å². The number of hydrogen-bond acceptors (Lipinski definition) is 3. The Kier molecular flexibility index (Phi) is 3.51. The van der Waals surface area contributed by atoms with Crippen LogP contribution in [-0.4, -0.2) is 13.4 Å². The molecule has 0 saturated heterocycles. The van der Waals surface area contributed by atoms with Gasteiger partial charge >= 0.3 is 0 Å². The van der Waals surface area contributed by atoms with Crippen molar-refractivity contribution in [1.29, 1.82) is 0 Å². The lowest BCUT2D eigenvalue weighted by atomic mass is 10.0. The number of benzene rings is 1. The number of rotatable bonds is 4. The van der Waals surface area contributed by atoms with E-state index in [1.807, 2.05) is 13.0 Å². The van der Waals surface area contributed by atoms with E-state index in [-0.39, 0.29) is 0 Å². The number of hydrogen-bond donors (Lipinski definition) is 1. The minimum atomic E-state index is 0.364. The third kappa shape index (κ3) is 2.05. The fourth-order valence-corrected chi connectivity index (χ4v) is 1.42. The van der Waals surface area contributed by atoms with Crippen LogP contribution in [0.1, 0.15) is 18.1 Å². The molecule has 0 radical (unpaired) electrons. The van der Waals surface area contributed by atoms with Crippen molar-refractivity contribution in [2.24, 2.45) is 0 Å². The number of carbonyl (C=O) groups is 1. The second kappa shape index (κ2) is 4.65. The number of anilines is 1. The third-order valence-corrected chi connectivity index (χ3v) is 2.23. The molecule has 0 atom stereocenters. The summed E-state index contributed by atoms with van der Waals surface area (Å²) in [6, 6.07) is 3.71. The van der Waals surface area contributed by atoms with Crippen molar-refractivity contribution in [3.8, 4) is 5.75 Å². The predicted molar refractivity (Wildman–Crippen MR) is 56.6 cm³/mol. The van der Waals surface area contributed by atoms with Gasteiger partial charge in [-0.15, -0.1) is 0 Å². The van der Waals surface area contributed by atoms with Gasteiger partial charge in [-0.2, -0.15) is 0 Å². The SMILES string of the molecule is CCc1cc(CC=O)c(N)cc1OC. The third-order valence-electron chi connectivity index (χ3n) is 2.23. The summed E-state index contributed by atoms with van der Waals surface area (Å²) in [6.45, 7) is 2.04. The second-order valence-electron chi connectivity index (χ2n) is 3.09. The summed E-state index contributed by atoms with van der Waals surface area (Å²) in [4.78, 5) is 10.4. The molecule has 3 heteroatoms. The van der Waals surface area contributed by atoms with Gasteiger partial charge in [0.25, 0.3) is 0 Å². The minimum Gasteiger partial charge on any atom is -0.496 e.